The second kappa shape index (κ2) is 8.65. The van der Waals surface area contributed by atoms with Crippen LogP contribution in [0.15, 0.2) is 54.6 Å². The SMILES string of the molecule is CCC(C(=O)OCC(=O)Nc1ccccc1C(C)(C)C)c1ccccc1. The van der Waals surface area contributed by atoms with Crippen LogP contribution in [0.2, 0.25) is 0 Å². The molecule has 0 aliphatic heterocycles. The lowest BCUT2D eigenvalue weighted by Crippen LogP contribution is -2.25. The predicted octanol–water partition coefficient (Wildman–Crippen LogP) is 4.66. The van der Waals surface area contributed by atoms with Gasteiger partial charge < -0.3 is 10.1 Å². The third-order valence-electron chi connectivity index (χ3n) is 4.25. The number of rotatable bonds is 6. The Morgan fingerprint density at radius 3 is 2.23 bits per heavy atom. The zero-order valence-corrected chi connectivity index (χ0v) is 15.9. The Morgan fingerprint density at radius 2 is 1.62 bits per heavy atom. The van der Waals surface area contributed by atoms with Crippen molar-refractivity contribution in [2.75, 3.05) is 11.9 Å². The normalized spacial score (nSPS) is 12.3. The first-order valence-electron chi connectivity index (χ1n) is 8.94. The van der Waals surface area contributed by atoms with E-state index in [0.29, 0.717) is 6.42 Å². The van der Waals surface area contributed by atoms with E-state index < -0.39 is 0 Å². The molecule has 1 unspecified atom stereocenters. The Hall–Kier alpha value is -2.62. The minimum Gasteiger partial charge on any atom is -0.455 e. The molecule has 0 aliphatic rings. The van der Waals surface area contributed by atoms with Gasteiger partial charge in [-0.2, -0.15) is 0 Å². The van der Waals surface area contributed by atoms with Gasteiger partial charge in [0.25, 0.3) is 5.91 Å². The van der Waals surface area contributed by atoms with Crippen molar-refractivity contribution in [3.05, 3.63) is 65.7 Å². The number of esters is 1. The van der Waals surface area contributed by atoms with Gasteiger partial charge in [-0.05, 0) is 29.0 Å². The molecule has 4 nitrogen and oxygen atoms in total. The molecule has 0 aromatic heterocycles. The molecule has 26 heavy (non-hydrogen) atoms. The highest BCUT2D eigenvalue weighted by Gasteiger charge is 2.22. The first-order chi connectivity index (χ1) is 12.3. The highest BCUT2D eigenvalue weighted by atomic mass is 16.5. The van der Waals surface area contributed by atoms with Crippen LogP contribution in [0.4, 0.5) is 5.69 Å². The lowest BCUT2D eigenvalue weighted by atomic mass is 9.86. The number of ether oxygens (including phenoxy) is 1. The van der Waals surface area contributed by atoms with E-state index in [2.05, 4.69) is 26.1 Å². The van der Waals surface area contributed by atoms with Crippen LogP contribution < -0.4 is 5.32 Å². The molecule has 0 saturated heterocycles. The Morgan fingerprint density at radius 1 is 1.00 bits per heavy atom. The summed E-state index contributed by atoms with van der Waals surface area (Å²) in [5.41, 5.74) is 2.59. The van der Waals surface area contributed by atoms with Gasteiger partial charge in [0.2, 0.25) is 0 Å². The molecule has 1 atom stereocenters. The molecule has 0 bridgehead atoms. The van der Waals surface area contributed by atoms with Crippen molar-refractivity contribution in [3.8, 4) is 0 Å². The van der Waals surface area contributed by atoms with Crippen molar-refractivity contribution >= 4 is 17.6 Å². The van der Waals surface area contributed by atoms with E-state index in [1.54, 1.807) is 0 Å². The van der Waals surface area contributed by atoms with Gasteiger partial charge in [0.05, 0.1) is 5.92 Å². The summed E-state index contributed by atoms with van der Waals surface area (Å²) in [5, 5.41) is 2.85. The van der Waals surface area contributed by atoms with E-state index in [4.69, 9.17) is 4.74 Å². The minimum absolute atomic E-state index is 0.0961. The smallest absolute Gasteiger partial charge is 0.313 e. The fourth-order valence-electron chi connectivity index (χ4n) is 2.89. The van der Waals surface area contributed by atoms with Gasteiger partial charge in [0, 0.05) is 5.69 Å². The molecule has 2 rings (SSSR count). The largest absolute Gasteiger partial charge is 0.455 e. The van der Waals surface area contributed by atoms with Gasteiger partial charge in [-0.15, -0.1) is 0 Å². The van der Waals surface area contributed by atoms with Crippen LogP contribution in [-0.2, 0) is 19.7 Å². The fourth-order valence-corrected chi connectivity index (χ4v) is 2.89. The molecule has 0 fully saturated rings. The first kappa shape index (κ1) is 19.7. The quantitative estimate of drug-likeness (QED) is 0.769. The van der Waals surface area contributed by atoms with Crippen molar-refractivity contribution < 1.29 is 14.3 Å². The van der Waals surface area contributed by atoms with E-state index in [1.165, 1.54) is 0 Å². The summed E-state index contributed by atoms with van der Waals surface area (Å²) in [6.07, 6.45) is 0.622. The molecule has 1 N–H and O–H groups in total. The van der Waals surface area contributed by atoms with Crippen molar-refractivity contribution in [2.24, 2.45) is 0 Å². The summed E-state index contributed by atoms with van der Waals surface area (Å²) < 4.78 is 5.26. The maximum absolute atomic E-state index is 12.4. The molecule has 0 saturated carbocycles. The van der Waals surface area contributed by atoms with Crippen molar-refractivity contribution in [1.82, 2.24) is 0 Å². The van der Waals surface area contributed by atoms with Gasteiger partial charge in [0.1, 0.15) is 0 Å². The van der Waals surface area contributed by atoms with E-state index in [-0.39, 0.29) is 29.8 Å². The summed E-state index contributed by atoms with van der Waals surface area (Å²) >= 11 is 0. The molecule has 4 heteroatoms. The Kier molecular flexibility index (Phi) is 6.56. The standard InChI is InChI=1S/C22H27NO3/c1-5-17(16-11-7-6-8-12-16)21(25)26-15-20(24)23-19-14-10-9-13-18(19)22(2,3)4/h6-14,17H,5,15H2,1-4H3,(H,23,24). The van der Waals surface area contributed by atoms with Gasteiger partial charge in [-0.1, -0.05) is 76.2 Å². The lowest BCUT2D eigenvalue weighted by molar-refractivity contribution is -0.149. The predicted molar refractivity (Wildman–Crippen MR) is 104 cm³/mol. The van der Waals surface area contributed by atoms with Crippen LogP contribution in [0, 0.1) is 0 Å². The Balaban J connectivity index is 1.98. The molecule has 1 amide bonds. The van der Waals surface area contributed by atoms with Crippen LogP contribution in [0.3, 0.4) is 0 Å². The highest BCUT2D eigenvalue weighted by molar-refractivity contribution is 5.94. The monoisotopic (exact) mass is 353 g/mol. The number of hydrogen-bond donors (Lipinski definition) is 1. The molecule has 0 aliphatic carbocycles. The van der Waals surface area contributed by atoms with E-state index in [9.17, 15) is 9.59 Å². The highest BCUT2D eigenvalue weighted by Crippen LogP contribution is 2.29. The van der Waals surface area contributed by atoms with Crippen LogP contribution in [0.1, 0.15) is 51.2 Å². The number of benzene rings is 2. The number of carbonyl (C=O) groups is 2. The second-order valence-corrected chi connectivity index (χ2v) is 7.32. The van der Waals surface area contributed by atoms with E-state index in [0.717, 1.165) is 16.8 Å². The third kappa shape index (κ3) is 5.19. The summed E-state index contributed by atoms with van der Waals surface area (Å²) in [6.45, 7) is 7.90. The Bertz CT molecular complexity index is 747. The van der Waals surface area contributed by atoms with Crippen LogP contribution in [0.5, 0.6) is 0 Å². The maximum Gasteiger partial charge on any atom is 0.313 e. The Labute approximate surface area is 155 Å². The van der Waals surface area contributed by atoms with Gasteiger partial charge in [-0.3, -0.25) is 9.59 Å². The lowest BCUT2D eigenvalue weighted by Gasteiger charge is -2.23. The summed E-state index contributed by atoms with van der Waals surface area (Å²) in [4.78, 5) is 24.6. The summed E-state index contributed by atoms with van der Waals surface area (Å²) in [6, 6.07) is 17.2. The average molecular weight is 353 g/mol. The number of anilines is 1. The van der Waals surface area contributed by atoms with Crippen LogP contribution in [0.25, 0.3) is 0 Å². The molecular formula is C22H27NO3. The zero-order valence-electron chi connectivity index (χ0n) is 15.9. The third-order valence-corrected chi connectivity index (χ3v) is 4.25. The van der Waals surface area contributed by atoms with Crippen molar-refractivity contribution in [1.29, 1.82) is 0 Å². The molecular weight excluding hydrogens is 326 g/mol. The van der Waals surface area contributed by atoms with Gasteiger partial charge >= 0.3 is 5.97 Å². The molecule has 0 radical (unpaired) electrons. The topological polar surface area (TPSA) is 55.4 Å². The average Bonchev–Trinajstić information content (AvgIpc) is 2.61. The number of hydrogen-bond acceptors (Lipinski definition) is 3. The number of carbonyl (C=O) groups excluding carboxylic acids is 2. The molecule has 2 aromatic carbocycles. The minimum atomic E-state index is -0.377. The van der Waals surface area contributed by atoms with Gasteiger partial charge in [0.15, 0.2) is 6.61 Å². The summed E-state index contributed by atoms with van der Waals surface area (Å²) in [7, 11) is 0. The van der Waals surface area contributed by atoms with Crippen molar-refractivity contribution in [2.45, 2.75) is 45.4 Å². The molecule has 138 valence electrons. The van der Waals surface area contributed by atoms with Crippen molar-refractivity contribution in [3.63, 3.8) is 0 Å². The van der Waals surface area contributed by atoms with Crippen LogP contribution >= 0.6 is 0 Å². The number of nitrogens with one attached hydrogen (secondary N) is 1. The fraction of sp³-hybridized carbons (Fsp3) is 0.364. The van der Waals surface area contributed by atoms with E-state index >= 15 is 0 Å². The number of amides is 1. The van der Waals surface area contributed by atoms with Crippen LogP contribution in [-0.4, -0.2) is 18.5 Å². The molecule has 0 spiro atoms. The molecule has 0 heterocycles. The van der Waals surface area contributed by atoms with E-state index in [1.807, 2.05) is 61.5 Å². The summed E-state index contributed by atoms with van der Waals surface area (Å²) in [5.74, 6) is -1.07. The molecule has 2 aromatic rings. The maximum atomic E-state index is 12.4. The van der Waals surface area contributed by atoms with Gasteiger partial charge in [-0.25, -0.2) is 0 Å². The first-order valence-corrected chi connectivity index (χ1v) is 8.94. The second-order valence-electron chi connectivity index (χ2n) is 7.32. The number of para-hydroxylation sites is 1. The zero-order chi connectivity index (χ0) is 19.2.